The van der Waals surface area contributed by atoms with Crippen molar-refractivity contribution >= 4 is 0 Å². The molecule has 0 amide bonds. The SMILES string of the molecule is N#CC1(C2CCCC2)CC2CCC1C2. The van der Waals surface area contributed by atoms with Crippen molar-refractivity contribution in [2.45, 2.75) is 51.4 Å². The topological polar surface area (TPSA) is 23.8 Å². The fourth-order valence-electron chi connectivity index (χ4n) is 4.54. The van der Waals surface area contributed by atoms with Crippen LogP contribution in [0.15, 0.2) is 0 Å². The Morgan fingerprint density at radius 1 is 1.00 bits per heavy atom. The van der Waals surface area contributed by atoms with Crippen molar-refractivity contribution in [1.29, 1.82) is 5.26 Å². The first-order valence-corrected chi connectivity index (χ1v) is 6.26. The number of nitriles is 1. The van der Waals surface area contributed by atoms with Gasteiger partial charge in [-0.05, 0) is 49.9 Å². The Morgan fingerprint density at radius 2 is 1.79 bits per heavy atom. The molecule has 3 atom stereocenters. The molecule has 76 valence electrons. The Balaban J connectivity index is 1.88. The molecule has 14 heavy (non-hydrogen) atoms. The number of fused-ring (bicyclic) bond motifs is 2. The lowest BCUT2D eigenvalue weighted by atomic mass is 9.65. The fraction of sp³-hybridized carbons (Fsp3) is 0.923. The highest BCUT2D eigenvalue weighted by Gasteiger charge is 2.55. The molecule has 0 aromatic rings. The number of rotatable bonds is 1. The second kappa shape index (κ2) is 2.99. The first kappa shape index (κ1) is 8.77. The van der Waals surface area contributed by atoms with E-state index in [0.29, 0.717) is 0 Å². The van der Waals surface area contributed by atoms with Crippen molar-refractivity contribution in [2.24, 2.45) is 23.2 Å². The molecule has 3 unspecified atom stereocenters. The molecule has 1 nitrogen and oxygen atoms in total. The van der Waals surface area contributed by atoms with Crippen LogP contribution < -0.4 is 0 Å². The first-order valence-electron chi connectivity index (χ1n) is 6.26. The third-order valence-electron chi connectivity index (χ3n) is 5.19. The van der Waals surface area contributed by atoms with E-state index in [0.717, 1.165) is 17.8 Å². The van der Waals surface area contributed by atoms with Gasteiger partial charge < -0.3 is 0 Å². The Kier molecular flexibility index (Phi) is 1.87. The Bertz CT molecular complexity index is 271. The average Bonchev–Trinajstić information content (AvgIpc) is 2.93. The molecule has 1 heteroatoms. The second-order valence-corrected chi connectivity index (χ2v) is 5.71. The van der Waals surface area contributed by atoms with Gasteiger partial charge in [-0.1, -0.05) is 19.3 Å². The van der Waals surface area contributed by atoms with E-state index in [-0.39, 0.29) is 5.41 Å². The molecular formula is C13H19N. The molecule has 0 saturated heterocycles. The van der Waals surface area contributed by atoms with Crippen LogP contribution in [0.3, 0.4) is 0 Å². The van der Waals surface area contributed by atoms with Gasteiger partial charge in [0, 0.05) is 0 Å². The number of hydrogen-bond acceptors (Lipinski definition) is 1. The molecule has 3 aliphatic rings. The van der Waals surface area contributed by atoms with Gasteiger partial charge in [-0.3, -0.25) is 0 Å². The van der Waals surface area contributed by atoms with Crippen LogP contribution >= 0.6 is 0 Å². The van der Waals surface area contributed by atoms with Gasteiger partial charge in [0.1, 0.15) is 0 Å². The number of nitrogens with zero attached hydrogens (tertiary/aromatic N) is 1. The Labute approximate surface area is 86.5 Å². The predicted molar refractivity (Wildman–Crippen MR) is 55.5 cm³/mol. The van der Waals surface area contributed by atoms with Crippen molar-refractivity contribution in [3.63, 3.8) is 0 Å². The van der Waals surface area contributed by atoms with Gasteiger partial charge in [-0.15, -0.1) is 0 Å². The van der Waals surface area contributed by atoms with Gasteiger partial charge in [0.15, 0.2) is 0 Å². The summed E-state index contributed by atoms with van der Waals surface area (Å²) < 4.78 is 0. The van der Waals surface area contributed by atoms with Crippen LogP contribution in [-0.2, 0) is 0 Å². The van der Waals surface area contributed by atoms with E-state index in [1.807, 2.05) is 0 Å². The van der Waals surface area contributed by atoms with E-state index in [1.54, 1.807) is 0 Å². The van der Waals surface area contributed by atoms with Gasteiger partial charge in [-0.2, -0.15) is 5.26 Å². The maximum atomic E-state index is 9.55. The largest absolute Gasteiger partial charge is 0.198 e. The zero-order chi connectivity index (χ0) is 9.60. The van der Waals surface area contributed by atoms with Crippen molar-refractivity contribution in [2.75, 3.05) is 0 Å². The normalized spacial score (nSPS) is 47.1. The van der Waals surface area contributed by atoms with Crippen LogP contribution in [0.2, 0.25) is 0 Å². The summed E-state index contributed by atoms with van der Waals surface area (Å²) in [7, 11) is 0. The summed E-state index contributed by atoms with van der Waals surface area (Å²) >= 11 is 0. The summed E-state index contributed by atoms with van der Waals surface area (Å²) in [6.45, 7) is 0. The lowest BCUT2D eigenvalue weighted by molar-refractivity contribution is 0.145. The molecule has 3 saturated carbocycles. The standard InChI is InChI=1S/C13H19N/c14-9-13(11-3-1-2-4-11)8-10-5-6-12(13)7-10/h10-12H,1-8H2. The molecule has 0 heterocycles. The van der Waals surface area contributed by atoms with Crippen LogP contribution in [0, 0.1) is 34.5 Å². The third-order valence-corrected chi connectivity index (χ3v) is 5.19. The van der Waals surface area contributed by atoms with E-state index in [9.17, 15) is 5.26 Å². The summed E-state index contributed by atoms with van der Waals surface area (Å²) in [5.74, 6) is 2.46. The van der Waals surface area contributed by atoms with Crippen LogP contribution in [-0.4, -0.2) is 0 Å². The lowest BCUT2D eigenvalue weighted by Gasteiger charge is -2.36. The van der Waals surface area contributed by atoms with E-state index in [4.69, 9.17) is 0 Å². The van der Waals surface area contributed by atoms with Gasteiger partial charge in [0.25, 0.3) is 0 Å². The minimum atomic E-state index is 0.138. The van der Waals surface area contributed by atoms with Crippen LogP contribution in [0.1, 0.15) is 51.4 Å². The van der Waals surface area contributed by atoms with Gasteiger partial charge >= 0.3 is 0 Å². The minimum absolute atomic E-state index is 0.138. The van der Waals surface area contributed by atoms with Crippen molar-refractivity contribution in [1.82, 2.24) is 0 Å². The lowest BCUT2D eigenvalue weighted by Crippen LogP contribution is -2.33. The summed E-state index contributed by atoms with van der Waals surface area (Å²) in [5.41, 5.74) is 0.138. The van der Waals surface area contributed by atoms with Crippen molar-refractivity contribution < 1.29 is 0 Å². The van der Waals surface area contributed by atoms with Crippen LogP contribution in [0.4, 0.5) is 0 Å². The van der Waals surface area contributed by atoms with Crippen molar-refractivity contribution in [3.8, 4) is 6.07 Å². The van der Waals surface area contributed by atoms with E-state index in [2.05, 4.69) is 6.07 Å². The highest BCUT2D eigenvalue weighted by molar-refractivity contribution is 5.14. The molecule has 0 N–H and O–H groups in total. The molecule has 0 radical (unpaired) electrons. The predicted octanol–water partition coefficient (Wildman–Crippen LogP) is 3.51. The zero-order valence-electron chi connectivity index (χ0n) is 8.84. The fourth-order valence-corrected chi connectivity index (χ4v) is 4.54. The summed E-state index contributed by atoms with van der Waals surface area (Å²) in [6.07, 6.45) is 10.9. The molecule has 3 fully saturated rings. The molecule has 3 aliphatic carbocycles. The van der Waals surface area contributed by atoms with E-state index < -0.39 is 0 Å². The van der Waals surface area contributed by atoms with E-state index in [1.165, 1.54) is 51.4 Å². The molecule has 0 spiro atoms. The Morgan fingerprint density at radius 3 is 2.29 bits per heavy atom. The highest BCUT2D eigenvalue weighted by atomic mass is 14.6. The second-order valence-electron chi connectivity index (χ2n) is 5.71. The number of hydrogen-bond donors (Lipinski definition) is 0. The molecule has 0 aromatic heterocycles. The molecular weight excluding hydrogens is 170 g/mol. The van der Waals surface area contributed by atoms with Gasteiger partial charge in [0.05, 0.1) is 11.5 Å². The van der Waals surface area contributed by atoms with Gasteiger partial charge in [0.2, 0.25) is 0 Å². The molecule has 3 rings (SSSR count). The molecule has 0 aromatic carbocycles. The first-order chi connectivity index (χ1) is 6.85. The monoisotopic (exact) mass is 189 g/mol. The maximum Gasteiger partial charge on any atom is 0.0695 e. The highest BCUT2D eigenvalue weighted by Crippen LogP contribution is 2.61. The van der Waals surface area contributed by atoms with Crippen molar-refractivity contribution in [3.05, 3.63) is 0 Å². The minimum Gasteiger partial charge on any atom is -0.198 e. The van der Waals surface area contributed by atoms with Crippen LogP contribution in [0.5, 0.6) is 0 Å². The maximum absolute atomic E-state index is 9.55. The van der Waals surface area contributed by atoms with Gasteiger partial charge in [-0.25, -0.2) is 0 Å². The van der Waals surface area contributed by atoms with E-state index >= 15 is 0 Å². The summed E-state index contributed by atoms with van der Waals surface area (Å²) in [6, 6.07) is 2.75. The summed E-state index contributed by atoms with van der Waals surface area (Å²) in [5, 5.41) is 9.55. The third kappa shape index (κ3) is 1.00. The Hall–Kier alpha value is -0.510. The summed E-state index contributed by atoms with van der Waals surface area (Å²) in [4.78, 5) is 0. The smallest absolute Gasteiger partial charge is 0.0695 e. The zero-order valence-corrected chi connectivity index (χ0v) is 8.84. The molecule has 2 bridgehead atoms. The average molecular weight is 189 g/mol. The van der Waals surface area contributed by atoms with Crippen LogP contribution in [0.25, 0.3) is 0 Å². The molecule has 0 aliphatic heterocycles. The quantitative estimate of drug-likeness (QED) is 0.619.